The van der Waals surface area contributed by atoms with Crippen molar-refractivity contribution in [2.45, 2.75) is 32.1 Å². The average Bonchev–Trinajstić information content (AvgIpc) is 2.59. The molecule has 2 heterocycles. The first kappa shape index (κ1) is 11.4. The van der Waals surface area contributed by atoms with Crippen LogP contribution in [0.4, 0.5) is 5.82 Å². The Kier molecular flexibility index (Phi) is 4.17. The fourth-order valence-corrected chi connectivity index (χ4v) is 2.22. The Morgan fingerprint density at radius 2 is 1.88 bits per heavy atom. The molecular weight excluding hydrogens is 198 g/mol. The van der Waals surface area contributed by atoms with Crippen molar-refractivity contribution in [2.24, 2.45) is 5.73 Å². The Hall–Kier alpha value is -1.09. The zero-order chi connectivity index (χ0) is 11.2. The van der Waals surface area contributed by atoms with E-state index in [2.05, 4.69) is 22.0 Å². The van der Waals surface area contributed by atoms with Crippen LogP contribution in [0, 0.1) is 0 Å². The van der Waals surface area contributed by atoms with Gasteiger partial charge in [0.2, 0.25) is 0 Å². The van der Waals surface area contributed by atoms with E-state index in [9.17, 15) is 0 Å². The molecule has 0 atom stereocenters. The van der Waals surface area contributed by atoms with Gasteiger partial charge < -0.3 is 10.6 Å². The van der Waals surface area contributed by atoms with Crippen LogP contribution in [0.25, 0.3) is 0 Å². The van der Waals surface area contributed by atoms with Crippen LogP contribution in [0.1, 0.15) is 31.2 Å². The molecule has 0 amide bonds. The molecule has 0 aromatic carbocycles. The first-order valence-electron chi connectivity index (χ1n) is 6.30. The lowest BCUT2D eigenvalue weighted by Gasteiger charge is -2.21. The van der Waals surface area contributed by atoms with Gasteiger partial charge in [0.05, 0.1) is 0 Å². The molecule has 0 saturated carbocycles. The predicted molar refractivity (Wildman–Crippen MR) is 67.7 cm³/mol. The van der Waals surface area contributed by atoms with Crippen LogP contribution in [-0.2, 0) is 6.42 Å². The highest BCUT2D eigenvalue weighted by molar-refractivity contribution is 5.39. The molecule has 1 aliphatic heterocycles. The van der Waals surface area contributed by atoms with Gasteiger partial charge in [-0.2, -0.15) is 0 Å². The molecule has 16 heavy (non-hydrogen) atoms. The second kappa shape index (κ2) is 5.85. The summed E-state index contributed by atoms with van der Waals surface area (Å²) < 4.78 is 0. The second-order valence-corrected chi connectivity index (χ2v) is 4.46. The van der Waals surface area contributed by atoms with Crippen molar-refractivity contribution < 1.29 is 0 Å². The van der Waals surface area contributed by atoms with Crippen molar-refractivity contribution in [3.63, 3.8) is 0 Å². The Labute approximate surface area is 97.7 Å². The summed E-state index contributed by atoms with van der Waals surface area (Å²) in [6.07, 6.45) is 8.21. The predicted octanol–water partition coefficient (Wildman–Crippen LogP) is 1.96. The Bertz CT molecular complexity index is 299. The summed E-state index contributed by atoms with van der Waals surface area (Å²) in [4.78, 5) is 6.94. The van der Waals surface area contributed by atoms with Gasteiger partial charge in [0, 0.05) is 19.3 Å². The van der Waals surface area contributed by atoms with Crippen molar-refractivity contribution >= 4 is 5.82 Å². The fourth-order valence-electron chi connectivity index (χ4n) is 2.22. The number of anilines is 1. The Morgan fingerprint density at radius 3 is 2.44 bits per heavy atom. The van der Waals surface area contributed by atoms with Gasteiger partial charge >= 0.3 is 0 Å². The monoisotopic (exact) mass is 219 g/mol. The molecule has 2 N–H and O–H groups in total. The van der Waals surface area contributed by atoms with Crippen molar-refractivity contribution in [1.29, 1.82) is 0 Å². The van der Waals surface area contributed by atoms with Gasteiger partial charge in [-0.3, -0.25) is 0 Å². The third kappa shape index (κ3) is 2.95. The molecule has 0 spiro atoms. The topological polar surface area (TPSA) is 42.1 Å². The summed E-state index contributed by atoms with van der Waals surface area (Å²) in [5.41, 5.74) is 6.76. The fraction of sp³-hybridized carbons (Fsp3) is 0.615. The van der Waals surface area contributed by atoms with E-state index in [0.717, 1.165) is 25.3 Å². The van der Waals surface area contributed by atoms with Crippen molar-refractivity contribution in [3.05, 3.63) is 23.9 Å². The van der Waals surface area contributed by atoms with E-state index in [1.807, 2.05) is 6.20 Å². The number of pyridine rings is 1. The maximum Gasteiger partial charge on any atom is 0.128 e. The van der Waals surface area contributed by atoms with Gasteiger partial charge in [-0.1, -0.05) is 18.9 Å². The Morgan fingerprint density at radius 1 is 1.12 bits per heavy atom. The maximum absolute atomic E-state index is 5.52. The third-order valence-corrected chi connectivity index (χ3v) is 3.17. The number of hydrogen-bond acceptors (Lipinski definition) is 3. The van der Waals surface area contributed by atoms with Gasteiger partial charge in [0.15, 0.2) is 0 Å². The van der Waals surface area contributed by atoms with Gasteiger partial charge in [-0.25, -0.2) is 4.98 Å². The van der Waals surface area contributed by atoms with Crippen molar-refractivity contribution in [1.82, 2.24) is 4.98 Å². The van der Waals surface area contributed by atoms with Gasteiger partial charge in [-0.05, 0) is 37.4 Å². The minimum Gasteiger partial charge on any atom is -0.357 e. The summed E-state index contributed by atoms with van der Waals surface area (Å²) in [5.74, 6) is 1.13. The molecule has 1 aromatic heterocycles. The van der Waals surface area contributed by atoms with Gasteiger partial charge in [-0.15, -0.1) is 0 Å². The maximum atomic E-state index is 5.52. The van der Waals surface area contributed by atoms with Crippen LogP contribution in [0.3, 0.4) is 0 Å². The summed E-state index contributed by atoms with van der Waals surface area (Å²) in [5, 5.41) is 0. The molecule has 1 aliphatic rings. The summed E-state index contributed by atoms with van der Waals surface area (Å²) in [6, 6.07) is 4.29. The average molecular weight is 219 g/mol. The molecule has 3 nitrogen and oxygen atoms in total. The lowest BCUT2D eigenvalue weighted by molar-refractivity contribution is 0.726. The first-order chi connectivity index (χ1) is 7.90. The first-order valence-corrected chi connectivity index (χ1v) is 6.30. The molecule has 1 fully saturated rings. The molecule has 0 aliphatic carbocycles. The number of rotatable bonds is 3. The zero-order valence-corrected chi connectivity index (χ0v) is 9.86. The van der Waals surface area contributed by atoms with E-state index >= 15 is 0 Å². The van der Waals surface area contributed by atoms with Crippen LogP contribution in [0.15, 0.2) is 18.3 Å². The van der Waals surface area contributed by atoms with Crippen LogP contribution >= 0.6 is 0 Å². The SMILES string of the molecule is NCCc1ccc(N2CCCCCC2)nc1. The summed E-state index contributed by atoms with van der Waals surface area (Å²) in [7, 11) is 0. The normalized spacial score (nSPS) is 17.2. The number of nitrogens with zero attached hydrogens (tertiary/aromatic N) is 2. The number of nitrogens with two attached hydrogens (primary N) is 1. The molecule has 0 radical (unpaired) electrons. The van der Waals surface area contributed by atoms with E-state index in [-0.39, 0.29) is 0 Å². The molecule has 1 aromatic rings. The number of aromatic nitrogens is 1. The quantitative estimate of drug-likeness (QED) is 0.845. The minimum atomic E-state index is 0.699. The van der Waals surface area contributed by atoms with E-state index < -0.39 is 0 Å². The highest BCUT2D eigenvalue weighted by Crippen LogP contribution is 2.17. The van der Waals surface area contributed by atoms with E-state index in [1.165, 1.54) is 31.2 Å². The van der Waals surface area contributed by atoms with Crippen LogP contribution in [0.5, 0.6) is 0 Å². The van der Waals surface area contributed by atoms with Crippen molar-refractivity contribution in [3.8, 4) is 0 Å². The largest absolute Gasteiger partial charge is 0.357 e. The van der Waals surface area contributed by atoms with Crippen LogP contribution in [0.2, 0.25) is 0 Å². The lowest BCUT2D eigenvalue weighted by atomic mass is 10.2. The lowest BCUT2D eigenvalue weighted by Crippen LogP contribution is -2.24. The van der Waals surface area contributed by atoms with E-state index in [1.54, 1.807) is 0 Å². The molecule has 0 unspecified atom stereocenters. The van der Waals surface area contributed by atoms with Crippen LogP contribution in [-0.4, -0.2) is 24.6 Å². The second-order valence-electron chi connectivity index (χ2n) is 4.46. The molecule has 1 saturated heterocycles. The summed E-state index contributed by atoms with van der Waals surface area (Å²) in [6.45, 7) is 3.01. The number of hydrogen-bond donors (Lipinski definition) is 1. The Balaban J connectivity index is 2.01. The van der Waals surface area contributed by atoms with E-state index in [4.69, 9.17) is 5.73 Å². The van der Waals surface area contributed by atoms with Gasteiger partial charge in [0.1, 0.15) is 5.82 Å². The molecular formula is C13H21N3. The van der Waals surface area contributed by atoms with E-state index in [0.29, 0.717) is 6.54 Å². The molecule has 0 bridgehead atoms. The minimum absolute atomic E-state index is 0.699. The molecule has 2 rings (SSSR count). The van der Waals surface area contributed by atoms with Crippen molar-refractivity contribution in [2.75, 3.05) is 24.5 Å². The summed E-state index contributed by atoms with van der Waals surface area (Å²) >= 11 is 0. The molecule has 3 heteroatoms. The molecule has 88 valence electrons. The third-order valence-electron chi connectivity index (χ3n) is 3.17. The smallest absolute Gasteiger partial charge is 0.128 e. The highest BCUT2D eigenvalue weighted by atomic mass is 15.2. The van der Waals surface area contributed by atoms with Crippen LogP contribution < -0.4 is 10.6 Å². The standard InChI is InChI=1S/C13H21N3/c14-8-7-12-5-6-13(15-11-12)16-9-3-1-2-4-10-16/h5-6,11H,1-4,7-10,14H2. The van der Waals surface area contributed by atoms with Gasteiger partial charge in [0.25, 0.3) is 0 Å². The zero-order valence-electron chi connectivity index (χ0n) is 9.86. The highest BCUT2D eigenvalue weighted by Gasteiger charge is 2.10.